The van der Waals surface area contributed by atoms with Crippen molar-refractivity contribution in [1.29, 1.82) is 0 Å². The van der Waals surface area contributed by atoms with Crippen molar-refractivity contribution in [2.24, 2.45) is 0 Å². The number of rotatable bonds is 10. The van der Waals surface area contributed by atoms with Crippen molar-refractivity contribution in [1.82, 2.24) is 58.1 Å². The summed E-state index contributed by atoms with van der Waals surface area (Å²) in [4.78, 5) is 40.6. The van der Waals surface area contributed by atoms with Gasteiger partial charge in [0.25, 0.3) is 0 Å². The number of aromatic carboxylic acids is 4. The minimum Gasteiger partial charge on any atom is -0.545 e. The van der Waals surface area contributed by atoms with E-state index >= 15 is 0 Å². The molecule has 0 atom stereocenters. The number of carboxylic acids is 4. The van der Waals surface area contributed by atoms with Crippen LogP contribution in [0.4, 0.5) is 0 Å². The van der Waals surface area contributed by atoms with Crippen LogP contribution in [-0.4, -0.2) is 118 Å². The summed E-state index contributed by atoms with van der Waals surface area (Å²) in [6, 6.07) is 34.6. The third-order valence-corrected chi connectivity index (χ3v) is 10.4. The second kappa shape index (κ2) is 52.0. The van der Waals surface area contributed by atoms with E-state index in [0.717, 1.165) is 0 Å². The van der Waals surface area contributed by atoms with Gasteiger partial charge in [0, 0.05) is 57.3 Å². The molecule has 0 N–H and O–H groups in total. The molecule has 10 aromatic rings. The van der Waals surface area contributed by atoms with Crippen molar-refractivity contribution >= 4 is 177 Å². The molecule has 86 heavy (non-hydrogen) atoms. The molecule has 0 fully saturated rings. The summed E-state index contributed by atoms with van der Waals surface area (Å²) in [5.74, 6) is -4.73. The zero-order valence-electron chi connectivity index (χ0n) is 43.7. The van der Waals surface area contributed by atoms with Gasteiger partial charge in [0.15, 0.2) is 0 Å². The molecule has 0 amide bonds. The minimum absolute atomic E-state index is 0. The molecule has 0 radical (unpaired) electrons. The summed E-state index contributed by atoms with van der Waals surface area (Å²) in [5.41, 5.74) is 0.572. The van der Waals surface area contributed by atoms with Crippen LogP contribution in [0.5, 0.6) is 0 Å². The molecule has 0 aliphatic rings. The first-order chi connectivity index (χ1) is 40.3. The zero-order chi connectivity index (χ0) is 62.7. The zero-order valence-corrected chi connectivity index (χ0v) is 57.1. The third-order valence-electron chi connectivity index (χ3n) is 9.41. The number of benzene rings is 4. The standard InChI is InChI=1S/2C9H10BN6.4C7H5ClO2.4CH2Cl2.2Tb/c2*1-4-11-14(7-1)10(15-8-2-5-12-15)16-9-3-6-13-16;4*8-6-3-1-5(2-4-6)7(9)10;4*2-1-3;;/h2*1-10H;4*1-4H,(H,9,10);4*1H2;;/q2*-1;;;;;;;;;2*+3/p-4. The fourth-order valence-electron chi connectivity index (χ4n) is 6.04. The van der Waals surface area contributed by atoms with E-state index in [4.69, 9.17) is 139 Å². The van der Waals surface area contributed by atoms with Gasteiger partial charge in [0.1, 0.15) is 0 Å². The van der Waals surface area contributed by atoms with E-state index in [1.54, 1.807) is 37.2 Å². The Morgan fingerprint density at radius 2 is 0.430 bits per heavy atom. The van der Waals surface area contributed by atoms with Crippen LogP contribution in [0.25, 0.3) is 0 Å². The van der Waals surface area contributed by atoms with Crippen LogP contribution in [0.3, 0.4) is 0 Å². The van der Waals surface area contributed by atoms with Gasteiger partial charge < -0.3 is 67.2 Å². The summed E-state index contributed by atoms with van der Waals surface area (Å²) in [5, 5.41) is 69.0. The van der Waals surface area contributed by atoms with Crippen molar-refractivity contribution in [2.75, 3.05) is 21.4 Å². The van der Waals surface area contributed by atoms with Gasteiger partial charge in [0.05, 0.1) is 45.2 Å². The summed E-state index contributed by atoms with van der Waals surface area (Å²) in [7, 11) is -2.25. The Kier molecular flexibility index (Phi) is 51.0. The van der Waals surface area contributed by atoms with E-state index in [-0.39, 0.29) is 121 Å². The van der Waals surface area contributed by atoms with Crippen molar-refractivity contribution in [3.05, 3.63) is 250 Å². The van der Waals surface area contributed by atoms with Gasteiger partial charge in [-0.1, -0.05) is 94.9 Å². The first kappa shape index (κ1) is 84.3. The van der Waals surface area contributed by atoms with E-state index < -0.39 is 38.1 Å². The first-order valence-corrected chi connectivity index (χ1v) is 28.8. The second-order valence-electron chi connectivity index (χ2n) is 14.7. The van der Waals surface area contributed by atoms with E-state index in [1.807, 2.05) is 101 Å². The van der Waals surface area contributed by atoms with Gasteiger partial charge in [0.2, 0.25) is 0 Å². The van der Waals surface area contributed by atoms with Crippen LogP contribution < -0.4 is 20.4 Å². The smallest absolute Gasteiger partial charge is 0.545 e. The molecule has 460 valence electrons. The van der Waals surface area contributed by atoms with Crippen molar-refractivity contribution in [3.63, 3.8) is 0 Å². The molecule has 0 unspecified atom stereocenters. The predicted molar refractivity (Wildman–Crippen MR) is 329 cm³/mol. The number of alkyl halides is 8. The molecule has 0 aliphatic heterocycles. The number of carbonyl (C=O) groups excluding carboxylic acids is 4. The molecule has 36 heteroatoms. The van der Waals surface area contributed by atoms with Gasteiger partial charge in [-0.15, -0.1) is 92.8 Å². The molecule has 0 saturated heterocycles. The van der Waals surface area contributed by atoms with Gasteiger partial charge in [-0.25, -0.2) is 30.6 Å². The van der Waals surface area contributed by atoms with Crippen molar-refractivity contribution in [3.8, 4) is 0 Å². The Hall–Kier alpha value is -3.80. The number of hydrogen-bond donors (Lipinski definition) is 0. The summed E-state index contributed by atoms with van der Waals surface area (Å²) >= 11 is 60.1. The maximum absolute atomic E-state index is 10.2. The molecule has 6 heterocycles. The number of halogens is 12. The summed E-state index contributed by atoms with van der Waals surface area (Å²) in [6.07, 6.45) is 22.1. The van der Waals surface area contributed by atoms with Crippen molar-refractivity contribution in [2.45, 2.75) is 0 Å². The van der Waals surface area contributed by atoms with Crippen LogP contribution >= 0.6 is 139 Å². The molecule has 0 aliphatic carbocycles. The fourth-order valence-corrected chi connectivity index (χ4v) is 6.55. The van der Waals surface area contributed by atoms with E-state index in [9.17, 15) is 39.6 Å². The minimum atomic E-state index is -1.18. The quantitative estimate of drug-likeness (QED) is 0.0920. The van der Waals surface area contributed by atoms with E-state index in [1.165, 1.54) is 97.1 Å². The monoisotopic (exact) mass is 1700 g/mol. The van der Waals surface area contributed by atoms with Gasteiger partial charge >= 0.3 is 91.5 Å². The van der Waals surface area contributed by atoms with Gasteiger partial charge in [-0.3, -0.25) is 0 Å². The Morgan fingerprint density at radius 3 is 0.523 bits per heavy atom. The number of carbonyl (C=O) groups is 4. The van der Waals surface area contributed by atoms with Crippen LogP contribution in [-0.2, 0) is 0 Å². The predicted octanol–water partition coefficient (Wildman–Crippen LogP) is 8.38. The Balaban J connectivity index is 0. The van der Waals surface area contributed by atoms with E-state index in [0.29, 0.717) is 20.1 Å². The molecule has 6 aromatic heterocycles. The van der Waals surface area contributed by atoms with Crippen LogP contribution in [0.15, 0.2) is 208 Å². The number of nitrogens with zero attached hydrogens (tertiary/aromatic N) is 12. The molecular weight excluding hydrogens is 1660 g/mol. The van der Waals surface area contributed by atoms with Gasteiger partial charge in [-0.05, 0) is 144 Å². The normalized spacial score (nSPS) is 9.28. The first-order valence-electron chi connectivity index (χ1n) is 23.0. The summed E-state index contributed by atoms with van der Waals surface area (Å²) in [6.45, 7) is 0. The van der Waals surface area contributed by atoms with Crippen LogP contribution in [0.2, 0.25) is 20.1 Å². The number of aromatic nitrogens is 12. The maximum Gasteiger partial charge on any atom is 3.00 e. The average molecular weight is 1710 g/mol. The summed E-state index contributed by atoms with van der Waals surface area (Å²) < 4.78 is 11.2. The Bertz CT molecular complexity index is 2740. The molecule has 4 aromatic carbocycles. The molecule has 0 bridgehead atoms. The SMILES string of the molecule is ClCCl.ClCCl.ClCCl.ClCCl.O=C([O-])c1ccc(Cl)cc1.O=C([O-])c1ccc(Cl)cc1.O=C([O-])c1ccc(Cl)cc1.O=C([O-])c1ccc(Cl)cc1.[Tb+3].[Tb+3].c1cnn([BH-](n2cccn2)n2cccn2)c1.c1cnn([BH-](n2cccn2)n2cccn2)c1. The number of carboxylic acid groups (broad SMARTS) is 4. The molecule has 20 nitrogen and oxygen atoms in total. The molecule has 0 saturated carbocycles. The molecule has 0 spiro atoms. The largest absolute Gasteiger partial charge is 3.00 e. The number of hydrogen-bond acceptors (Lipinski definition) is 14. The van der Waals surface area contributed by atoms with E-state index in [2.05, 4.69) is 30.6 Å². The Morgan fingerprint density at radius 1 is 0.302 bits per heavy atom. The van der Waals surface area contributed by atoms with Crippen LogP contribution in [0, 0.1) is 77.2 Å². The average Bonchev–Trinajstić information content (AvgIpc) is 4.31. The molecular formula is C50H44B2Cl12N12O8Tb2. The van der Waals surface area contributed by atoms with Gasteiger partial charge in [-0.2, -0.15) is 0 Å². The van der Waals surface area contributed by atoms with Crippen molar-refractivity contribution < 1.29 is 117 Å². The fraction of sp³-hybridized carbons (Fsp3) is 0.0800. The Labute approximate surface area is 616 Å². The maximum atomic E-state index is 10.2. The molecule has 10 rings (SSSR count). The second-order valence-corrected chi connectivity index (χ2v) is 19.7. The topological polar surface area (TPSA) is 267 Å². The van der Waals surface area contributed by atoms with Crippen LogP contribution in [0.1, 0.15) is 41.4 Å². The third kappa shape index (κ3) is 36.0.